The molecule has 3 nitrogen and oxygen atoms in total. The molecule has 0 radical (unpaired) electrons. The van der Waals surface area contributed by atoms with Crippen LogP contribution in [0.1, 0.15) is 40.4 Å². The molecule has 2 atom stereocenters. The van der Waals surface area contributed by atoms with E-state index in [4.69, 9.17) is 0 Å². The van der Waals surface area contributed by atoms with Crippen LogP contribution in [0.2, 0.25) is 0 Å². The van der Waals surface area contributed by atoms with Crippen LogP contribution in [-0.2, 0) is 12.8 Å². The molecule has 1 aliphatic carbocycles. The van der Waals surface area contributed by atoms with Gasteiger partial charge < -0.3 is 10.2 Å². The van der Waals surface area contributed by atoms with Gasteiger partial charge in [-0.15, -0.1) is 23.7 Å². The second kappa shape index (κ2) is 6.46. The first kappa shape index (κ1) is 15.8. The van der Waals surface area contributed by atoms with Crippen LogP contribution in [0.4, 0.5) is 0 Å². The molecule has 2 heterocycles. The topological polar surface area (TPSA) is 32.3 Å². The van der Waals surface area contributed by atoms with Crippen molar-refractivity contribution in [1.29, 1.82) is 0 Å². The van der Waals surface area contributed by atoms with Crippen LogP contribution in [0.15, 0.2) is 6.07 Å². The van der Waals surface area contributed by atoms with Crippen LogP contribution in [0.5, 0.6) is 0 Å². The number of halogens is 1. The number of thiophene rings is 1. The lowest BCUT2D eigenvalue weighted by atomic mass is 9.90. The van der Waals surface area contributed by atoms with Gasteiger partial charge in [-0.25, -0.2) is 0 Å². The summed E-state index contributed by atoms with van der Waals surface area (Å²) in [7, 11) is 0. The molecule has 20 heavy (non-hydrogen) atoms. The van der Waals surface area contributed by atoms with E-state index in [1.807, 2.05) is 4.90 Å². The van der Waals surface area contributed by atoms with E-state index in [1.54, 1.807) is 11.3 Å². The van der Waals surface area contributed by atoms with Gasteiger partial charge in [0.15, 0.2) is 0 Å². The molecule has 1 aromatic rings. The minimum Gasteiger partial charge on any atom is -0.333 e. The molecule has 1 fully saturated rings. The third kappa shape index (κ3) is 3.02. The van der Waals surface area contributed by atoms with Gasteiger partial charge in [0.05, 0.1) is 4.88 Å². The molecule has 3 rings (SSSR count). The Hall–Kier alpha value is -0.580. The third-order valence-corrected chi connectivity index (χ3v) is 5.53. The van der Waals surface area contributed by atoms with Crippen molar-refractivity contribution in [1.82, 2.24) is 10.2 Å². The summed E-state index contributed by atoms with van der Waals surface area (Å²) >= 11 is 1.73. The van der Waals surface area contributed by atoms with Crippen molar-refractivity contribution in [2.75, 3.05) is 19.6 Å². The Kier molecular flexibility index (Phi) is 5.10. The fourth-order valence-corrected chi connectivity index (χ4v) is 4.26. The molecular weight excluding hydrogens is 292 g/mol. The van der Waals surface area contributed by atoms with Crippen LogP contribution in [0.3, 0.4) is 0 Å². The molecule has 2 aliphatic rings. The first-order valence-corrected chi connectivity index (χ1v) is 8.10. The zero-order valence-corrected chi connectivity index (χ0v) is 13.8. The number of hydrogen-bond acceptors (Lipinski definition) is 3. The smallest absolute Gasteiger partial charge is 0.264 e. The highest BCUT2D eigenvalue weighted by Crippen LogP contribution is 2.33. The number of fused-ring (bicyclic) bond motifs is 1. The molecule has 1 amide bonds. The van der Waals surface area contributed by atoms with Crippen molar-refractivity contribution in [2.24, 2.45) is 5.92 Å². The van der Waals surface area contributed by atoms with E-state index in [0.717, 1.165) is 43.3 Å². The minimum atomic E-state index is 0. The first-order chi connectivity index (χ1) is 9.15. The van der Waals surface area contributed by atoms with Gasteiger partial charge >= 0.3 is 0 Å². The van der Waals surface area contributed by atoms with Gasteiger partial charge in [-0.05, 0) is 43.7 Å². The number of carbonyl (C=O) groups excluding carboxylic acids is 1. The summed E-state index contributed by atoms with van der Waals surface area (Å²) < 4.78 is 0. The summed E-state index contributed by atoms with van der Waals surface area (Å²) in [5.74, 6) is 1.00. The first-order valence-electron chi connectivity index (χ1n) is 7.28. The number of amides is 1. The monoisotopic (exact) mass is 314 g/mol. The van der Waals surface area contributed by atoms with Gasteiger partial charge in [0, 0.05) is 30.6 Å². The van der Waals surface area contributed by atoms with Crippen molar-refractivity contribution in [3.8, 4) is 0 Å². The molecule has 1 aromatic heterocycles. The Balaban J connectivity index is 0.00000147. The predicted molar refractivity (Wildman–Crippen MR) is 86.1 cm³/mol. The van der Waals surface area contributed by atoms with Gasteiger partial charge in [-0.1, -0.05) is 6.92 Å². The molecule has 5 heteroatoms. The van der Waals surface area contributed by atoms with Crippen LogP contribution in [0, 0.1) is 5.92 Å². The lowest BCUT2D eigenvalue weighted by Gasteiger charge is -2.33. The van der Waals surface area contributed by atoms with Gasteiger partial charge in [0.1, 0.15) is 0 Å². The van der Waals surface area contributed by atoms with E-state index in [9.17, 15) is 4.79 Å². The second-order valence-corrected chi connectivity index (χ2v) is 7.10. The molecule has 0 bridgehead atoms. The van der Waals surface area contributed by atoms with Crippen LogP contribution in [0.25, 0.3) is 0 Å². The number of nitrogens with zero attached hydrogens (tertiary/aromatic N) is 1. The van der Waals surface area contributed by atoms with Gasteiger partial charge in [-0.2, -0.15) is 0 Å². The van der Waals surface area contributed by atoms with Crippen molar-refractivity contribution in [2.45, 2.75) is 39.2 Å². The molecule has 1 saturated heterocycles. The average Bonchev–Trinajstić information content (AvgIpc) is 2.81. The lowest BCUT2D eigenvalue weighted by Crippen LogP contribution is -2.52. The van der Waals surface area contributed by atoms with Gasteiger partial charge in [-0.3, -0.25) is 4.79 Å². The highest BCUT2D eigenvalue weighted by atomic mass is 35.5. The van der Waals surface area contributed by atoms with Crippen molar-refractivity contribution >= 4 is 29.7 Å². The summed E-state index contributed by atoms with van der Waals surface area (Å²) in [5.41, 5.74) is 1.43. The minimum absolute atomic E-state index is 0. The predicted octanol–water partition coefficient (Wildman–Crippen LogP) is 2.73. The van der Waals surface area contributed by atoms with Crippen LogP contribution < -0.4 is 5.32 Å². The number of carbonyl (C=O) groups is 1. The molecular formula is C15H23ClN2OS. The van der Waals surface area contributed by atoms with Gasteiger partial charge in [0.2, 0.25) is 0 Å². The highest BCUT2D eigenvalue weighted by molar-refractivity contribution is 7.14. The quantitative estimate of drug-likeness (QED) is 0.864. The second-order valence-electron chi connectivity index (χ2n) is 5.96. The van der Waals surface area contributed by atoms with Crippen molar-refractivity contribution < 1.29 is 4.79 Å². The summed E-state index contributed by atoms with van der Waals surface area (Å²) in [6.07, 6.45) is 3.58. The molecule has 0 saturated carbocycles. The highest BCUT2D eigenvalue weighted by Gasteiger charge is 2.27. The summed E-state index contributed by atoms with van der Waals surface area (Å²) in [6, 6.07) is 2.46. The number of hydrogen-bond donors (Lipinski definition) is 1. The molecule has 1 aliphatic heterocycles. The standard InChI is InChI=1S/C15H22N2OS.ClH/c1-10-3-4-13-12(7-10)8-14(19-13)15(18)17-6-5-16-9-11(17)2;/h8,10-11,16H,3-7,9H2,1-2H3;1H/t10?,11-;/m1./s1. The zero-order valence-electron chi connectivity index (χ0n) is 12.1. The van der Waals surface area contributed by atoms with Crippen LogP contribution in [-0.4, -0.2) is 36.5 Å². The fourth-order valence-electron chi connectivity index (χ4n) is 3.10. The molecule has 1 N–H and O–H groups in total. The van der Waals surface area contributed by atoms with E-state index in [0.29, 0.717) is 6.04 Å². The molecule has 1 unspecified atom stereocenters. The average molecular weight is 315 g/mol. The Morgan fingerprint density at radius 2 is 2.25 bits per heavy atom. The number of nitrogens with one attached hydrogen (secondary N) is 1. The molecule has 112 valence electrons. The summed E-state index contributed by atoms with van der Waals surface area (Å²) in [4.78, 5) is 17.0. The molecule has 0 aromatic carbocycles. The van der Waals surface area contributed by atoms with Crippen molar-refractivity contribution in [3.63, 3.8) is 0 Å². The lowest BCUT2D eigenvalue weighted by molar-refractivity contribution is 0.0660. The van der Waals surface area contributed by atoms with Gasteiger partial charge in [0.25, 0.3) is 5.91 Å². The largest absolute Gasteiger partial charge is 0.333 e. The number of piperazine rings is 1. The van der Waals surface area contributed by atoms with E-state index in [1.165, 1.54) is 16.9 Å². The normalized spacial score (nSPS) is 25.8. The Labute approximate surface area is 131 Å². The van der Waals surface area contributed by atoms with Crippen LogP contribution >= 0.6 is 23.7 Å². The number of aryl methyl sites for hydroxylation is 1. The summed E-state index contributed by atoms with van der Waals surface area (Å²) in [5, 5.41) is 3.34. The maximum Gasteiger partial charge on any atom is 0.264 e. The third-order valence-electron chi connectivity index (χ3n) is 4.30. The maximum absolute atomic E-state index is 12.6. The SMILES string of the molecule is CC1CCc2sc(C(=O)N3CCNC[C@H]3C)cc2C1.Cl. The Morgan fingerprint density at radius 1 is 1.45 bits per heavy atom. The van der Waals surface area contributed by atoms with E-state index in [-0.39, 0.29) is 18.3 Å². The number of rotatable bonds is 1. The van der Waals surface area contributed by atoms with E-state index < -0.39 is 0 Å². The van der Waals surface area contributed by atoms with E-state index in [2.05, 4.69) is 25.2 Å². The summed E-state index contributed by atoms with van der Waals surface area (Å²) in [6.45, 7) is 7.09. The zero-order chi connectivity index (χ0) is 13.4. The van der Waals surface area contributed by atoms with Crippen molar-refractivity contribution in [3.05, 3.63) is 21.4 Å². The Bertz CT molecular complexity index is 488. The maximum atomic E-state index is 12.6. The fraction of sp³-hybridized carbons (Fsp3) is 0.667. The Morgan fingerprint density at radius 3 is 3.00 bits per heavy atom. The molecule has 0 spiro atoms. The van der Waals surface area contributed by atoms with E-state index >= 15 is 0 Å².